The summed E-state index contributed by atoms with van der Waals surface area (Å²) in [6, 6.07) is 8.51. The quantitative estimate of drug-likeness (QED) is 0.773. The first-order valence-electron chi connectivity index (χ1n) is 6.09. The van der Waals surface area contributed by atoms with E-state index >= 15 is 0 Å². The van der Waals surface area contributed by atoms with Gasteiger partial charge in [-0.25, -0.2) is 0 Å². The Kier molecular flexibility index (Phi) is 3.42. The van der Waals surface area contributed by atoms with Gasteiger partial charge < -0.3 is 5.11 Å². The maximum Gasteiger partial charge on any atom is 0.0790 e. The van der Waals surface area contributed by atoms with Crippen molar-refractivity contribution in [2.45, 2.75) is 51.0 Å². The molecule has 0 aromatic heterocycles. The van der Waals surface area contributed by atoms with Crippen LogP contribution in [0.3, 0.4) is 0 Å². The van der Waals surface area contributed by atoms with E-state index in [1.165, 1.54) is 18.4 Å². The van der Waals surface area contributed by atoms with Gasteiger partial charge in [0.15, 0.2) is 0 Å². The van der Waals surface area contributed by atoms with E-state index in [4.69, 9.17) is 0 Å². The van der Waals surface area contributed by atoms with Crippen LogP contribution in [0.1, 0.15) is 62.2 Å². The SMILES string of the molecule is CCCCC(O)c1cccc(C2CC2)c1. The molecule has 0 bridgehead atoms. The van der Waals surface area contributed by atoms with E-state index in [0.29, 0.717) is 0 Å². The van der Waals surface area contributed by atoms with Crippen molar-refractivity contribution in [3.05, 3.63) is 35.4 Å². The van der Waals surface area contributed by atoms with Crippen LogP contribution in [0.25, 0.3) is 0 Å². The van der Waals surface area contributed by atoms with Gasteiger partial charge in [0.05, 0.1) is 6.10 Å². The fraction of sp³-hybridized carbons (Fsp3) is 0.571. The molecule has 0 radical (unpaired) electrons. The van der Waals surface area contributed by atoms with Gasteiger partial charge in [0, 0.05) is 0 Å². The van der Waals surface area contributed by atoms with E-state index in [0.717, 1.165) is 30.7 Å². The Bertz CT molecular complexity index is 315. The van der Waals surface area contributed by atoms with Gasteiger partial charge in [-0.1, -0.05) is 44.0 Å². The molecule has 2 rings (SSSR count). The first-order chi connectivity index (χ1) is 7.31. The van der Waals surface area contributed by atoms with E-state index in [-0.39, 0.29) is 6.10 Å². The Labute approximate surface area is 92.1 Å². The Morgan fingerprint density at radius 2 is 2.20 bits per heavy atom. The van der Waals surface area contributed by atoms with Crippen molar-refractivity contribution in [3.8, 4) is 0 Å². The zero-order valence-electron chi connectivity index (χ0n) is 9.45. The Hall–Kier alpha value is -0.820. The van der Waals surface area contributed by atoms with Crippen molar-refractivity contribution < 1.29 is 5.11 Å². The monoisotopic (exact) mass is 204 g/mol. The molecule has 82 valence electrons. The van der Waals surface area contributed by atoms with Gasteiger partial charge in [-0.05, 0) is 36.3 Å². The molecule has 1 heteroatoms. The topological polar surface area (TPSA) is 20.2 Å². The highest BCUT2D eigenvalue weighted by atomic mass is 16.3. The average Bonchev–Trinajstić information content (AvgIpc) is 3.10. The molecule has 0 aliphatic heterocycles. The van der Waals surface area contributed by atoms with E-state index in [9.17, 15) is 5.11 Å². The van der Waals surface area contributed by atoms with Crippen LogP contribution in [0.5, 0.6) is 0 Å². The maximum absolute atomic E-state index is 9.98. The highest BCUT2D eigenvalue weighted by Crippen LogP contribution is 2.40. The molecule has 1 aromatic carbocycles. The third kappa shape index (κ3) is 2.82. The minimum absolute atomic E-state index is 0.261. The normalized spacial score (nSPS) is 17.7. The molecule has 1 aliphatic rings. The highest BCUT2D eigenvalue weighted by molar-refractivity contribution is 5.30. The first kappa shape index (κ1) is 10.7. The zero-order valence-corrected chi connectivity index (χ0v) is 9.45. The summed E-state index contributed by atoms with van der Waals surface area (Å²) < 4.78 is 0. The molecule has 1 fully saturated rings. The minimum Gasteiger partial charge on any atom is -0.388 e. The first-order valence-corrected chi connectivity index (χ1v) is 6.09. The van der Waals surface area contributed by atoms with Crippen LogP contribution in [-0.2, 0) is 0 Å². The Balaban J connectivity index is 2.02. The van der Waals surface area contributed by atoms with Crippen molar-refractivity contribution in [2.75, 3.05) is 0 Å². The second-order valence-electron chi connectivity index (χ2n) is 4.60. The van der Waals surface area contributed by atoms with Gasteiger partial charge in [-0.3, -0.25) is 0 Å². The van der Waals surface area contributed by atoms with Gasteiger partial charge in [-0.15, -0.1) is 0 Å². The van der Waals surface area contributed by atoms with Gasteiger partial charge in [0.2, 0.25) is 0 Å². The number of hydrogen-bond donors (Lipinski definition) is 1. The lowest BCUT2D eigenvalue weighted by Crippen LogP contribution is -1.97. The van der Waals surface area contributed by atoms with Crippen LogP contribution in [0.4, 0.5) is 0 Å². The largest absolute Gasteiger partial charge is 0.388 e. The minimum atomic E-state index is -0.261. The third-order valence-corrected chi connectivity index (χ3v) is 3.18. The van der Waals surface area contributed by atoms with E-state index < -0.39 is 0 Å². The molecule has 1 unspecified atom stereocenters. The molecule has 1 aliphatic carbocycles. The lowest BCUT2D eigenvalue weighted by Gasteiger charge is -2.11. The summed E-state index contributed by atoms with van der Waals surface area (Å²) in [6.45, 7) is 2.16. The molecule has 1 saturated carbocycles. The van der Waals surface area contributed by atoms with Gasteiger partial charge in [-0.2, -0.15) is 0 Å². The molecular formula is C14H20O. The molecule has 1 nitrogen and oxygen atoms in total. The standard InChI is InChI=1S/C14H20O/c1-2-3-7-14(15)13-6-4-5-12(10-13)11-8-9-11/h4-6,10-11,14-15H,2-3,7-9H2,1H3. The number of hydrogen-bond acceptors (Lipinski definition) is 1. The molecule has 0 amide bonds. The van der Waals surface area contributed by atoms with Crippen molar-refractivity contribution in [2.24, 2.45) is 0 Å². The molecule has 0 heterocycles. The molecule has 1 aromatic rings. The summed E-state index contributed by atoms with van der Waals surface area (Å²) in [4.78, 5) is 0. The predicted molar refractivity (Wildman–Crippen MR) is 62.9 cm³/mol. The molecular weight excluding hydrogens is 184 g/mol. The van der Waals surface area contributed by atoms with Crippen molar-refractivity contribution in [3.63, 3.8) is 0 Å². The summed E-state index contributed by atoms with van der Waals surface area (Å²) in [5.74, 6) is 0.781. The molecule has 0 spiro atoms. The van der Waals surface area contributed by atoms with E-state index in [1.54, 1.807) is 0 Å². The van der Waals surface area contributed by atoms with Crippen molar-refractivity contribution in [1.29, 1.82) is 0 Å². The van der Waals surface area contributed by atoms with Crippen molar-refractivity contribution >= 4 is 0 Å². The fourth-order valence-electron chi connectivity index (χ4n) is 2.00. The van der Waals surface area contributed by atoms with Crippen molar-refractivity contribution in [1.82, 2.24) is 0 Å². The zero-order chi connectivity index (χ0) is 10.7. The van der Waals surface area contributed by atoms with Gasteiger partial charge in [0.25, 0.3) is 0 Å². The average molecular weight is 204 g/mol. The summed E-state index contributed by atoms with van der Waals surface area (Å²) in [6.07, 6.45) is 5.55. The lowest BCUT2D eigenvalue weighted by molar-refractivity contribution is 0.164. The Morgan fingerprint density at radius 1 is 1.40 bits per heavy atom. The number of benzene rings is 1. The van der Waals surface area contributed by atoms with E-state index in [2.05, 4.69) is 25.1 Å². The molecule has 1 N–H and O–H groups in total. The summed E-state index contributed by atoms with van der Waals surface area (Å²) in [5, 5.41) is 9.98. The van der Waals surface area contributed by atoms with Crippen LogP contribution in [0.2, 0.25) is 0 Å². The smallest absolute Gasteiger partial charge is 0.0790 e. The van der Waals surface area contributed by atoms with Crippen LogP contribution in [-0.4, -0.2) is 5.11 Å². The summed E-state index contributed by atoms with van der Waals surface area (Å²) in [5.41, 5.74) is 2.52. The second kappa shape index (κ2) is 4.80. The van der Waals surface area contributed by atoms with Crippen LogP contribution in [0.15, 0.2) is 24.3 Å². The fourth-order valence-corrected chi connectivity index (χ4v) is 2.00. The summed E-state index contributed by atoms with van der Waals surface area (Å²) >= 11 is 0. The van der Waals surface area contributed by atoms with Crippen LogP contribution in [0, 0.1) is 0 Å². The van der Waals surface area contributed by atoms with E-state index in [1.807, 2.05) is 6.07 Å². The lowest BCUT2D eigenvalue weighted by atomic mass is 10.0. The molecule has 15 heavy (non-hydrogen) atoms. The predicted octanol–water partition coefficient (Wildman–Crippen LogP) is 3.79. The van der Waals surface area contributed by atoms with Crippen LogP contribution >= 0.6 is 0 Å². The third-order valence-electron chi connectivity index (χ3n) is 3.18. The number of aliphatic hydroxyl groups excluding tert-OH is 1. The molecule has 1 atom stereocenters. The van der Waals surface area contributed by atoms with Gasteiger partial charge in [0.1, 0.15) is 0 Å². The van der Waals surface area contributed by atoms with Crippen LogP contribution < -0.4 is 0 Å². The number of unbranched alkanes of at least 4 members (excludes halogenated alkanes) is 1. The number of rotatable bonds is 5. The second-order valence-corrected chi connectivity index (χ2v) is 4.60. The Morgan fingerprint density at radius 3 is 2.87 bits per heavy atom. The molecule has 0 saturated heterocycles. The maximum atomic E-state index is 9.98. The highest BCUT2D eigenvalue weighted by Gasteiger charge is 2.23. The van der Waals surface area contributed by atoms with Gasteiger partial charge >= 0.3 is 0 Å². The summed E-state index contributed by atoms with van der Waals surface area (Å²) in [7, 11) is 0. The number of aliphatic hydroxyl groups is 1.